The molecule has 0 saturated heterocycles. The topological polar surface area (TPSA) is 81.2 Å². The fourth-order valence-corrected chi connectivity index (χ4v) is 2.75. The van der Waals surface area contributed by atoms with E-state index in [0.717, 1.165) is 25.1 Å². The van der Waals surface area contributed by atoms with Crippen LogP contribution in [0.15, 0.2) is 6.07 Å². The molecule has 0 aliphatic heterocycles. The summed E-state index contributed by atoms with van der Waals surface area (Å²) in [6, 6.07) is 1.36. The molecular weight excluding hydrogens is 256 g/mol. The van der Waals surface area contributed by atoms with Gasteiger partial charge in [0.25, 0.3) is 0 Å². The van der Waals surface area contributed by atoms with Gasteiger partial charge in [-0.15, -0.1) is 0 Å². The molecule has 6 heteroatoms. The van der Waals surface area contributed by atoms with Crippen LogP contribution in [-0.2, 0) is 4.79 Å². The first-order chi connectivity index (χ1) is 9.40. The molecule has 1 aliphatic carbocycles. The number of carbonyl (C=O) groups excluding carboxylic acids is 2. The van der Waals surface area contributed by atoms with Crippen molar-refractivity contribution in [1.29, 1.82) is 0 Å². The van der Waals surface area contributed by atoms with E-state index in [9.17, 15) is 9.59 Å². The third-order valence-electron chi connectivity index (χ3n) is 3.76. The number of rotatable bonds is 4. The van der Waals surface area contributed by atoms with Crippen LogP contribution >= 0.6 is 0 Å². The summed E-state index contributed by atoms with van der Waals surface area (Å²) in [5.41, 5.74) is 6.05. The molecule has 1 saturated carbocycles. The summed E-state index contributed by atoms with van der Waals surface area (Å²) in [7, 11) is 0. The van der Waals surface area contributed by atoms with Gasteiger partial charge in [0.1, 0.15) is 6.20 Å². The number of carbonyl (C=O) groups is 2. The fourth-order valence-electron chi connectivity index (χ4n) is 2.75. The highest BCUT2D eigenvalue weighted by Crippen LogP contribution is 2.39. The summed E-state index contributed by atoms with van der Waals surface area (Å²) >= 11 is 0. The van der Waals surface area contributed by atoms with Gasteiger partial charge in [-0.25, -0.2) is 4.79 Å². The second-order valence-corrected chi connectivity index (χ2v) is 5.84. The molecule has 2 rings (SSSR count). The highest BCUT2D eigenvalue weighted by atomic mass is 16.2. The van der Waals surface area contributed by atoms with Crippen LogP contribution in [-0.4, -0.2) is 39.2 Å². The Bertz CT molecular complexity index is 503. The Labute approximate surface area is 118 Å². The van der Waals surface area contributed by atoms with E-state index in [1.54, 1.807) is 13.0 Å². The maximum absolute atomic E-state index is 11.7. The Balaban J connectivity index is 2.01. The minimum Gasteiger partial charge on any atom is -0.350 e. The van der Waals surface area contributed by atoms with Gasteiger partial charge < -0.3 is 10.6 Å². The van der Waals surface area contributed by atoms with Gasteiger partial charge in [-0.05, 0) is 24.8 Å². The van der Waals surface area contributed by atoms with Gasteiger partial charge in [0.15, 0.2) is 0 Å². The Morgan fingerprint density at radius 1 is 1.55 bits per heavy atom. The molecular formula is C14H21N4O2. The van der Waals surface area contributed by atoms with Crippen LogP contribution in [0.25, 0.3) is 0 Å². The van der Waals surface area contributed by atoms with Crippen molar-refractivity contribution in [2.45, 2.75) is 45.6 Å². The zero-order chi connectivity index (χ0) is 14.9. The lowest BCUT2D eigenvalue weighted by molar-refractivity contribution is -0.133. The summed E-state index contributed by atoms with van der Waals surface area (Å²) in [5.74, 6) is 0.778. The summed E-state index contributed by atoms with van der Waals surface area (Å²) < 4.78 is 1.20. The lowest BCUT2D eigenvalue weighted by Gasteiger charge is -2.43. The van der Waals surface area contributed by atoms with Crippen LogP contribution < -0.4 is 5.73 Å². The molecule has 20 heavy (non-hydrogen) atoms. The molecule has 1 radical (unpaired) electrons. The molecule has 1 fully saturated rings. The molecule has 1 aromatic heterocycles. The second-order valence-electron chi connectivity index (χ2n) is 5.84. The summed E-state index contributed by atoms with van der Waals surface area (Å²) in [4.78, 5) is 24.9. The molecule has 2 N–H and O–H groups in total. The van der Waals surface area contributed by atoms with Gasteiger partial charge in [-0.1, -0.05) is 13.8 Å². The van der Waals surface area contributed by atoms with Crippen molar-refractivity contribution in [2.75, 3.05) is 6.54 Å². The number of hydrogen-bond acceptors (Lipinski definition) is 3. The summed E-state index contributed by atoms with van der Waals surface area (Å²) in [6.45, 7) is 6.58. The highest BCUT2D eigenvalue weighted by Gasteiger charge is 2.37. The Hall–Kier alpha value is -1.85. The van der Waals surface area contributed by atoms with Gasteiger partial charge in [-0.3, -0.25) is 4.79 Å². The Morgan fingerprint density at radius 2 is 2.20 bits per heavy atom. The lowest BCUT2D eigenvalue weighted by Crippen LogP contribution is -2.48. The van der Waals surface area contributed by atoms with Crippen LogP contribution in [0.4, 0.5) is 4.79 Å². The van der Waals surface area contributed by atoms with Gasteiger partial charge >= 0.3 is 6.03 Å². The number of primary amides is 1. The van der Waals surface area contributed by atoms with Crippen molar-refractivity contribution in [3.63, 3.8) is 0 Å². The zero-order valence-electron chi connectivity index (χ0n) is 12.2. The standard InChI is InChI=1S/C14H21N4O2/c1-9(2)8-17(10(3)19)12-6-11(7-12)13-4-5-16-18(13)14(15)20/h4,9,11-12H,6-8H2,1-3H3,(H2,15,20). The minimum absolute atomic E-state index is 0.108. The van der Waals surface area contributed by atoms with Crippen LogP contribution in [0.3, 0.4) is 0 Å². The summed E-state index contributed by atoms with van der Waals surface area (Å²) in [6.07, 6.45) is 4.35. The molecule has 0 spiro atoms. The molecule has 1 heterocycles. The van der Waals surface area contributed by atoms with Crippen molar-refractivity contribution < 1.29 is 9.59 Å². The quantitative estimate of drug-likeness (QED) is 0.902. The average Bonchev–Trinajstić information content (AvgIpc) is 2.73. The molecule has 0 atom stereocenters. The Kier molecular flexibility index (Phi) is 4.11. The fraction of sp³-hybridized carbons (Fsp3) is 0.643. The zero-order valence-corrected chi connectivity index (χ0v) is 12.2. The van der Waals surface area contributed by atoms with Crippen molar-refractivity contribution in [3.05, 3.63) is 18.0 Å². The molecule has 2 amide bonds. The molecule has 109 valence electrons. The monoisotopic (exact) mass is 277 g/mol. The SMILES string of the molecule is CC(=O)N(CC(C)C)C1CC(c2c[c]nn2C(N)=O)C1. The second kappa shape index (κ2) is 5.64. The number of nitrogens with two attached hydrogens (primary N) is 1. The number of nitrogens with zero attached hydrogens (tertiary/aromatic N) is 3. The van der Waals surface area contributed by atoms with E-state index < -0.39 is 6.03 Å². The van der Waals surface area contributed by atoms with E-state index in [2.05, 4.69) is 25.1 Å². The predicted molar refractivity (Wildman–Crippen MR) is 74.0 cm³/mol. The van der Waals surface area contributed by atoms with E-state index in [1.807, 2.05) is 4.90 Å². The third kappa shape index (κ3) is 2.84. The lowest BCUT2D eigenvalue weighted by atomic mass is 9.77. The summed E-state index contributed by atoms with van der Waals surface area (Å²) in [5, 5.41) is 3.81. The molecule has 1 aromatic rings. The Morgan fingerprint density at radius 3 is 2.70 bits per heavy atom. The van der Waals surface area contributed by atoms with Crippen molar-refractivity contribution in [2.24, 2.45) is 11.7 Å². The van der Waals surface area contributed by atoms with E-state index >= 15 is 0 Å². The maximum Gasteiger partial charge on any atom is 0.339 e. The van der Waals surface area contributed by atoms with E-state index in [1.165, 1.54) is 4.68 Å². The largest absolute Gasteiger partial charge is 0.350 e. The number of hydrogen-bond donors (Lipinski definition) is 1. The predicted octanol–water partition coefficient (Wildman–Crippen LogP) is 1.36. The van der Waals surface area contributed by atoms with Crippen LogP contribution in [0.1, 0.15) is 45.2 Å². The van der Waals surface area contributed by atoms with Gasteiger partial charge in [0.05, 0.1) is 5.69 Å². The van der Waals surface area contributed by atoms with Crippen LogP contribution in [0, 0.1) is 12.1 Å². The van der Waals surface area contributed by atoms with Gasteiger partial charge in [0.2, 0.25) is 5.91 Å². The molecule has 0 bridgehead atoms. The maximum atomic E-state index is 11.7. The average molecular weight is 277 g/mol. The van der Waals surface area contributed by atoms with Gasteiger partial charge in [-0.2, -0.15) is 9.78 Å². The number of amides is 2. The normalized spacial score (nSPS) is 21.6. The number of aromatic nitrogens is 2. The van der Waals surface area contributed by atoms with Crippen LogP contribution in [0.5, 0.6) is 0 Å². The first-order valence-corrected chi connectivity index (χ1v) is 6.93. The first-order valence-electron chi connectivity index (χ1n) is 6.93. The smallest absolute Gasteiger partial charge is 0.339 e. The van der Waals surface area contributed by atoms with Gasteiger partial charge in [0, 0.05) is 25.4 Å². The van der Waals surface area contributed by atoms with Crippen molar-refractivity contribution >= 4 is 11.9 Å². The third-order valence-corrected chi connectivity index (χ3v) is 3.76. The van der Waals surface area contributed by atoms with E-state index in [0.29, 0.717) is 5.92 Å². The highest BCUT2D eigenvalue weighted by molar-refractivity contribution is 5.75. The molecule has 0 aromatic carbocycles. The van der Waals surface area contributed by atoms with Crippen LogP contribution in [0.2, 0.25) is 0 Å². The molecule has 6 nitrogen and oxygen atoms in total. The molecule has 0 unspecified atom stereocenters. The van der Waals surface area contributed by atoms with Crippen molar-refractivity contribution in [1.82, 2.24) is 14.7 Å². The first kappa shape index (κ1) is 14.6. The minimum atomic E-state index is -0.588. The van der Waals surface area contributed by atoms with E-state index in [4.69, 9.17) is 5.73 Å². The van der Waals surface area contributed by atoms with E-state index in [-0.39, 0.29) is 17.9 Å². The van der Waals surface area contributed by atoms with Crippen molar-refractivity contribution in [3.8, 4) is 0 Å². The molecule has 1 aliphatic rings.